The lowest BCUT2D eigenvalue weighted by atomic mass is 9.99. The molecule has 0 aliphatic carbocycles. The van der Waals surface area contributed by atoms with Gasteiger partial charge in [-0.3, -0.25) is 4.79 Å². The summed E-state index contributed by atoms with van der Waals surface area (Å²) in [6.45, 7) is 1.46. The van der Waals surface area contributed by atoms with E-state index in [-0.39, 0.29) is 23.3 Å². The lowest BCUT2D eigenvalue weighted by Crippen LogP contribution is -2.40. The molecule has 10 heteroatoms. The molecule has 2 aromatic carbocycles. The Morgan fingerprint density at radius 1 is 1.19 bits per heavy atom. The molecule has 0 bridgehead atoms. The summed E-state index contributed by atoms with van der Waals surface area (Å²) < 4.78 is 2.76. The fourth-order valence-electron chi connectivity index (χ4n) is 3.71. The van der Waals surface area contributed by atoms with Gasteiger partial charge in [0.25, 0.3) is 0 Å². The molecule has 158 valence electrons. The number of thioether (sulfide) groups is 1. The summed E-state index contributed by atoms with van der Waals surface area (Å²) in [5.41, 5.74) is 1.76. The molecule has 1 fully saturated rings. The monoisotopic (exact) mass is 452 g/mol. The Labute approximate surface area is 186 Å². The molecule has 1 aliphatic heterocycles. The second-order valence-electron chi connectivity index (χ2n) is 7.38. The number of likely N-dealkylation sites (tertiary alicyclic amines) is 1. The Bertz CT molecular complexity index is 1170. The van der Waals surface area contributed by atoms with E-state index in [0.29, 0.717) is 11.7 Å². The average Bonchev–Trinajstić information content (AvgIpc) is 3.45. The molecular formula is C21H20N6O2S2. The largest absolute Gasteiger partial charge is 0.508 e. The Morgan fingerprint density at radius 3 is 2.87 bits per heavy atom. The van der Waals surface area contributed by atoms with Crippen LogP contribution in [0.1, 0.15) is 23.8 Å². The first-order valence-corrected chi connectivity index (χ1v) is 11.8. The molecule has 4 aromatic rings. The summed E-state index contributed by atoms with van der Waals surface area (Å²) in [4.78, 5) is 19.6. The first-order chi connectivity index (χ1) is 15.2. The number of phenols is 1. The highest BCUT2D eigenvalue weighted by molar-refractivity contribution is 7.99. The van der Waals surface area contributed by atoms with Crippen LogP contribution in [-0.2, 0) is 4.79 Å². The van der Waals surface area contributed by atoms with Crippen molar-refractivity contribution in [2.24, 2.45) is 0 Å². The quantitative estimate of drug-likeness (QED) is 0.463. The van der Waals surface area contributed by atoms with E-state index in [1.807, 2.05) is 23.1 Å². The number of thiazole rings is 1. The van der Waals surface area contributed by atoms with Gasteiger partial charge in [-0.15, -0.1) is 16.4 Å². The van der Waals surface area contributed by atoms with Gasteiger partial charge in [0.05, 0.1) is 26.7 Å². The minimum atomic E-state index is 0.0797. The number of amides is 1. The zero-order valence-electron chi connectivity index (χ0n) is 16.6. The van der Waals surface area contributed by atoms with Crippen molar-refractivity contribution < 1.29 is 9.90 Å². The van der Waals surface area contributed by atoms with E-state index >= 15 is 0 Å². The van der Waals surface area contributed by atoms with Crippen LogP contribution in [0.15, 0.2) is 53.7 Å². The van der Waals surface area contributed by atoms with E-state index in [1.165, 1.54) is 16.5 Å². The molecule has 1 atom stereocenters. The highest BCUT2D eigenvalue weighted by atomic mass is 32.2. The lowest BCUT2D eigenvalue weighted by Gasteiger charge is -2.31. The van der Waals surface area contributed by atoms with Gasteiger partial charge in [-0.2, -0.15) is 4.68 Å². The minimum Gasteiger partial charge on any atom is -0.508 e. The first kappa shape index (κ1) is 20.0. The number of rotatable bonds is 5. The van der Waals surface area contributed by atoms with Gasteiger partial charge in [0, 0.05) is 19.0 Å². The summed E-state index contributed by atoms with van der Waals surface area (Å²) in [6.07, 6.45) is 2.03. The highest BCUT2D eigenvalue weighted by Crippen LogP contribution is 2.33. The zero-order valence-corrected chi connectivity index (χ0v) is 18.2. The summed E-state index contributed by atoms with van der Waals surface area (Å²) in [5.74, 6) is 0.804. The maximum atomic E-state index is 12.9. The number of fused-ring (bicyclic) bond motifs is 1. The fourth-order valence-corrected chi connectivity index (χ4v) is 5.60. The molecule has 0 unspecified atom stereocenters. The van der Waals surface area contributed by atoms with Gasteiger partial charge in [0.15, 0.2) is 0 Å². The maximum Gasteiger partial charge on any atom is 0.233 e. The third-order valence-electron chi connectivity index (χ3n) is 5.29. The molecule has 0 spiro atoms. The molecule has 31 heavy (non-hydrogen) atoms. The van der Waals surface area contributed by atoms with Crippen molar-refractivity contribution in [3.05, 3.63) is 53.5 Å². The van der Waals surface area contributed by atoms with Crippen molar-refractivity contribution in [1.82, 2.24) is 30.1 Å². The van der Waals surface area contributed by atoms with Crippen LogP contribution >= 0.6 is 23.1 Å². The van der Waals surface area contributed by atoms with Crippen LogP contribution in [0, 0.1) is 0 Å². The zero-order chi connectivity index (χ0) is 21.2. The number of hydrogen-bond acceptors (Lipinski definition) is 8. The van der Waals surface area contributed by atoms with Crippen molar-refractivity contribution in [2.75, 3.05) is 18.8 Å². The van der Waals surface area contributed by atoms with Crippen LogP contribution in [0.25, 0.3) is 15.9 Å². The molecule has 0 radical (unpaired) electrons. The molecule has 1 saturated heterocycles. The minimum absolute atomic E-state index is 0.0797. The van der Waals surface area contributed by atoms with E-state index in [0.717, 1.165) is 35.6 Å². The van der Waals surface area contributed by atoms with Crippen molar-refractivity contribution in [1.29, 1.82) is 0 Å². The van der Waals surface area contributed by atoms with Gasteiger partial charge < -0.3 is 10.0 Å². The van der Waals surface area contributed by atoms with Crippen molar-refractivity contribution in [3.63, 3.8) is 0 Å². The number of piperidine rings is 1. The van der Waals surface area contributed by atoms with Crippen molar-refractivity contribution >= 4 is 39.2 Å². The molecular weight excluding hydrogens is 432 g/mol. The average molecular weight is 453 g/mol. The molecule has 5 rings (SSSR count). The van der Waals surface area contributed by atoms with Gasteiger partial charge in [-0.25, -0.2) is 4.98 Å². The summed E-state index contributed by atoms with van der Waals surface area (Å²) >= 11 is 3.04. The molecule has 1 aliphatic rings. The molecule has 1 amide bonds. The molecule has 1 N–H and O–H groups in total. The van der Waals surface area contributed by atoms with Gasteiger partial charge in [-0.05, 0) is 59.7 Å². The number of phenolic OH excluding ortho intramolecular Hbond substituents is 1. The van der Waals surface area contributed by atoms with Gasteiger partial charge in [0.1, 0.15) is 5.75 Å². The number of carbonyl (C=O) groups is 1. The predicted molar refractivity (Wildman–Crippen MR) is 120 cm³/mol. The number of para-hydroxylation sites is 1. The van der Waals surface area contributed by atoms with E-state index < -0.39 is 0 Å². The predicted octanol–water partition coefficient (Wildman–Crippen LogP) is 3.48. The number of benzene rings is 2. The number of carbonyl (C=O) groups excluding carboxylic acids is 1. The van der Waals surface area contributed by atoms with Crippen molar-refractivity contribution in [2.45, 2.75) is 23.9 Å². The number of nitrogens with zero attached hydrogens (tertiary/aromatic N) is 6. The van der Waals surface area contributed by atoms with E-state index in [4.69, 9.17) is 4.98 Å². The summed E-state index contributed by atoms with van der Waals surface area (Å²) in [6, 6.07) is 14.8. The van der Waals surface area contributed by atoms with E-state index in [2.05, 4.69) is 21.6 Å². The molecule has 2 aromatic heterocycles. The second kappa shape index (κ2) is 8.64. The Balaban J connectivity index is 1.24. The third-order valence-corrected chi connectivity index (χ3v) is 7.40. The molecule has 3 heterocycles. The number of aromatic nitrogens is 5. The standard InChI is InChI=1S/C21H20N6O2S2/c28-16-9-7-15(8-10-16)27-21(23-24-25-27)30-13-19(29)26-11-3-4-14(12-26)20-22-17-5-1-2-6-18(17)31-20/h1-2,5-10,14,28H,3-4,11-13H2/t14-/m0/s1. The second-order valence-corrected chi connectivity index (χ2v) is 9.38. The Kier molecular flexibility index (Phi) is 5.56. The lowest BCUT2D eigenvalue weighted by molar-refractivity contribution is -0.129. The third kappa shape index (κ3) is 4.26. The van der Waals surface area contributed by atoms with Gasteiger partial charge in [0.2, 0.25) is 11.1 Å². The van der Waals surface area contributed by atoms with Gasteiger partial charge >= 0.3 is 0 Å². The first-order valence-electron chi connectivity index (χ1n) is 10.0. The summed E-state index contributed by atoms with van der Waals surface area (Å²) in [5, 5.41) is 22.9. The highest BCUT2D eigenvalue weighted by Gasteiger charge is 2.27. The van der Waals surface area contributed by atoms with Crippen LogP contribution in [0.4, 0.5) is 0 Å². The Morgan fingerprint density at radius 2 is 2.03 bits per heavy atom. The van der Waals surface area contributed by atoms with Crippen LogP contribution in [0.3, 0.4) is 0 Å². The molecule has 8 nitrogen and oxygen atoms in total. The molecule has 0 saturated carbocycles. The van der Waals surface area contributed by atoms with Crippen LogP contribution in [0.5, 0.6) is 5.75 Å². The number of hydrogen-bond donors (Lipinski definition) is 1. The summed E-state index contributed by atoms with van der Waals surface area (Å²) in [7, 11) is 0. The maximum absolute atomic E-state index is 12.9. The van der Waals surface area contributed by atoms with Crippen LogP contribution in [0.2, 0.25) is 0 Å². The normalized spacial score (nSPS) is 16.6. The SMILES string of the molecule is O=C(CSc1nnnn1-c1ccc(O)cc1)N1CCC[C@H](c2nc3ccccc3s2)C1. The van der Waals surface area contributed by atoms with Crippen LogP contribution < -0.4 is 0 Å². The van der Waals surface area contributed by atoms with E-state index in [9.17, 15) is 9.90 Å². The van der Waals surface area contributed by atoms with Crippen molar-refractivity contribution in [3.8, 4) is 11.4 Å². The Hall–Kier alpha value is -2.98. The van der Waals surface area contributed by atoms with E-state index in [1.54, 1.807) is 40.3 Å². The number of aromatic hydroxyl groups is 1. The smallest absolute Gasteiger partial charge is 0.233 e. The topological polar surface area (TPSA) is 97.0 Å². The number of tetrazole rings is 1. The van der Waals surface area contributed by atoms with Crippen LogP contribution in [-0.4, -0.2) is 59.9 Å². The fraction of sp³-hybridized carbons (Fsp3) is 0.286. The van der Waals surface area contributed by atoms with Gasteiger partial charge in [-0.1, -0.05) is 23.9 Å².